The van der Waals surface area contributed by atoms with Crippen molar-refractivity contribution in [1.29, 1.82) is 0 Å². The Bertz CT molecular complexity index is 507. The lowest BCUT2D eigenvalue weighted by molar-refractivity contribution is 0.0697. The Morgan fingerprint density at radius 2 is 2.11 bits per heavy atom. The molecule has 1 aromatic carbocycles. The number of carboxylic acids is 1. The van der Waals surface area contributed by atoms with E-state index in [4.69, 9.17) is 0 Å². The number of anilines is 2. The van der Waals surface area contributed by atoms with E-state index in [1.54, 1.807) is 6.07 Å². The van der Waals surface area contributed by atoms with Crippen molar-refractivity contribution in [3.8, 4) is 0 Å². The molecule has 19 heavy (non-hydrogen) atoms. The van der Waals surface area contributed by atoms with Crippen LogP contribution in [-0.2, 0) is 0 Å². The molecular formula is C15H20N2O2. The number of nitrogens with zero attached hydrogens (tertiary/aromatic N) is 1. The molecule has 0 aromatic heterocycles. The van der Waals surface area contributed by atoms with Crippen LogP contribution in [0.2, 0.25) is 0 Å². The molecule has 2 N–H and O–H groups in total. The highest BCUT2D eigenvalue weighted by Gasteiger charge is 2.38. The molecule has 0 saturated heterocycles. The van der Waals surface area contributed by atoms with E-state index in [9.17, 15) is 9.90 Å². The zero-order valence-corrected chi connectivity index (χ0v) is 11.3. The van der Waals surface area contributed by atoms with Gasteiger partial charge < -0.3 is 15.3 Å². The molecule has 1 saturated carbocycles. The zero-order chi connectivity index (χ0) is 13.5. The fourth-order valence-corrected chi connectivity index (χ4v) is 3.65. The van der Waals surface area contributed by atoms with Gasteiger partial charge in [0.25, 0.3) is 0 Å². The predicted octanol–water partition coefficient (Wildman–Crippen LogP) is 2.81. The summed E-state index contributed by atoms with van der Waals surface area (Å²) in [7, 11) is 2.01. The first-order chi connectivity index (χ1) is 9.11. The first-order valence-corrected chi connectivity index (χ1v) is 6.93. The van der Waals surface area contributed by atoms with Gasteiger partial charge in [-0.3, -0.25) is 0 Å². The lowest BCUT2D eigenvalue weighted by Crippen LogP contribution is -2.36. The molecule has 1 aliphatic carbocycles. The Hall–Kier alpha value is -1.71. The Balaban J connectivity index is 2.01. The molecule has 0 radical (unpaired) electrons. The first kappa shape index (κ1) is 12.3. The van der Waals surface area contributed by atoms with Crippen LogP contribution >= 0.6 is 0 Å². The number of hydrogen-bond donors (Lipinski definition) is 2. The van der Waals surface area contributed by atoms with E-state index in [1.165, 1.54) is 25.7 Å². The molecule has 102 valence electrons. The van der Waals surface area contributed by atoms with Crippen LogP contribution < -0.4 is 10.2 Å². The fourth-order valence-electron chi connectivity index (χ4n) is 3.65. The number of nitrogens with one attached hydrogen (secondary N) is 1. The first-order valence-electron chi connectivity index (χ1n) is 6.93. The quantitative estimate of drug-likeness (QED) is 0.815. The minimum absolute atomic E-state index is 0.309. The van der Waals surface area contributed by atoms with E-state index in [-0.39, 0.29) is 0 Å². The Kier molecular flexibility index (Phi) is 2.88. The van der Waals surface area contributed by atoms with Gasteiger partial charge in [-0.1, -0.05) is 18.9 Å². The normalized spacial score (nSPS) is 20.8. The molecule has 2 aliphatic rings. The van der Waals surface area contributed by atoms with E-state index in [2.05, 4.69) is 10.2 Å². The molecule has 1 aliphatic heterocycles. The minimum Gasteiger partial charge on any atom is -0.478 e. The molecule has 4 heteroatoms. The minimum atomic E-state index is -0.854. The van der Waals surface area contributed by atoms with Gasteiger partial charge in [-0.25, -0.2) is 4.79 Å². The summed E-state index contributed by atoms with van der Waals surface area (Å²) in [5.74, 6) is -0.854. The highest BCUT2D eigenvalue weighted by atomic mass is 16.4. The van der Waals surface area contributed by atoms with Gasteiger partial charge in [-0.05, 0) is 25.0 Å². The molecule has 0 amide bonds. The van der Waals surface area contributed by atoms with Crippen LogP contribution in [0.25, 0.3) is 0 Å². The van der Waals surface area contributed by atoms with E-state index in [1.807, 2.05) is 19.2 Å². The number of aromatic carboxylic acids is 1. The smallest absolute Gasteiger partial charge is 0.337 e. The van der Waals surface area contributed by atoms with Gasteiger partial charge in [-0.2, -0.15) is 0 Å². The Morgan fingerprint density at radius 3 is 2.79 bits per heavy atom. The third kappa shape index (κ3) is 2.05. The van der Waals surface area contributed by atoms with Gasteiger partial charge in [0.15, 0.2) is 0 Å². The summed E-state index contributed by atoms with van der Waals surface area (Å²) in [4.78, 5) is 13.5. The number of hydrogen-bond acceptors (Lipinski definition) is 3. The summed E-state index contributed by atoms with van der Waals surface area (Å²) in [6.07, 6.45) is 5.05. The van der Waals surface area contributed by atoms with Gasteiger partial charge in [0.05, 0.1) is 16.9 Å². The number of carbonyl (C=O) groups is 1. The summed E-state index contributed by atoms with van der Waals surface area (Å²) in [5.41, 5.74) is 2.48. The largest absolute Gasteiger partial charge is 0.478 e. The summed E-state index contributed by atoms with van der Waals surface area (Å²) in [6, 6.07) is 5.48. The van der Waals surface area contributed by atoms with Gasteiger partial charge in [0.1, 0.15) is 0 Å². The van der Waals surface area contributed by atoms with Crippen LogP contribution in [-0.4, -0.2) is 31.2 Å². The predicted molar refractivity (Wildman–Crippen MR) is 76.1 cm³/mol. The standard InChI is InChI=1S/C15H20N2O2/c1-17-10-15(7-2-3-8-15)9-16-12-6-4-5-11(13(12)17)14(18)19/h4-6,16H,2-3,7-10H2,1H3,(H,18,19). The summed E-state index contributed by atoms with van der Waals surface area (Å²) in [5, 5.41) is 12.8. The lowest BCUT2D eigenvalue weighted by Gasteiger charge is -2.31. The van der Waals surface area contributed by atoms with Crippen LogP contribution in [0.5, 0.6) is 0 Å². The fraction of sp³-hybridized carbons (Fsp3) is 0.533. The summed E-state index contributed by atoms with van der Waals surface area (Å²) < 4.78 is 0. The topological polar surface area (TPSA) is 52.6 Å². The molecule has 1 heterocycles. The maximum Gasteiger partial charge on any atom is 0.337 e. The van der Waals surface area contributed by atoms with Crippen LogP contribution in [0.1, 0.15) is 36.0 Å². The molecule has 0 unspecified atom stereocenters. The molecule has 1 spiro atoms. The average Bonchev–Trinajstić information content (AvgIpc) is 2.78. The van der Waals surface area contributed by atoms with Crippen molar-refractivity contribution in [2.24, 2.45) is 5.41 Å². The lowest BCUT2D eigenvalue weighted by atomic mass is 9.86. The van der Waals surface area contributed by atoms with Gasteiger partial charge in [0.2, 0.25) is 0 Å². The molecule has 0 bridgehead atoms. The molecule has 0 atom stereocenters. The number of carboxylic acid groups (broad SMARTS) is 1. The molecule has 1 fully saturated rings. The van der Waals surface area contributed by atoms with Gasteiger partial charge in [-0.15, -0.1) is 0 Å². The van der Waals surface area contributed by atoms with Crippen molar-refractivity contribution in [2.45, 2.75) is 25.7 Å². The Morgan fingerprint density at radius 1 is 1.37 bits per heavy atom. The second-order valence-corrected chi connectivity index (χ2v) is 5.92. The maximum absolute atomic E-state index is 11.4. The SMILES string of the molecule is CN1CC2(CCCC2)CNc2cccc(C(=O)O)c21. The highest BCUT2D eigenvalue weighted by molar-refractivity contribution is 5.98. The van der Waals surface area contributed by atoms with Crippen molar-refractivity contribution < 1.29 is 9.90 Å². The van der Waals surface area contributed by atoms with Gasteiger partial charge in [0, 0.05) is 25.6 Å². The number of para-hydroxylation sites is 1. The van der Waals surface area contributed by atoms with Crippen LogP contribution in [0, 0.1) is 5.41 Å². The maximum atomic E-state index is 11.4. The van der Waals surface area contributed by atoms with E-state index in [0.717, 1.165) is 24.5 Å². The molecular weight excluding hydrogens is 240 g/mol. The van der Waals surface area contributed by atoms with Crippen molar-refractivity contribution in [3.63, 3.8) is 0 Å². The number of rotatable bonds is 1. The molecule has 4 nitrogen and oxygen atoms in total. The van der Waals surface area contributed by atoms with Crippen molar-refractivity contribution >= 4 is 17.3 Å². The highest BCUT2D eigenvalue weighted by Crippen LogP contribution is 2.43. The van der Waals surface area contributed by atoms with Gasteiger partial charge >= 0.3 is 5.97 Å². The van der Waals surface area contributed by atoms with E-state index >= 15 is 0 Å². The summed E-state index contributed by atoms with van der Waals surface area (Å²) >= 11 is 0. The number of fused-ring (bicyclic) bond motifs is 1. The molecule has 3 rings (SSSR count). The summed E-state index contributed by atoms with van der Waals surface area (Å²) in [6.45, 7) is 1.89. The average molecular weight is 260 g/mol. The monoisotopic (exact) mass is 260 g/mol. The van der Waals surface area contributed by atoms with Crippen LogP contribution in [0.4, 0.5) is 11.4 Å². The van der Waals surface area contributed by atoms with Crippen LogP contribution in [0.15, 0.2) is 18.2 Å². The number of benzene rings is 1. The second kappa shape index (κ2) is 4.44. The van der Waals surface area contributed by atoms with Crippen LogP contribution in [0.3, 0.4) is 0 Å². The Labute approximate surface area is 113 Å². The molecule has 1 aromatic rings. The third-order valence-electron chi connectivity index (χ3n) is 4.54. The third-order valence-corrected chi connectivity index (χ3v) is 4.54. The van der Waals surface area contributed by atoms with Crippen molar-refractivity contribution in [3.05, 3.63) is 23.8 Å². The van der Waals surface area contributed by atoms with Crippen molar-refractivity contribution in [1.82, 2.24) is 0 Å². The van der Waals surface area contributed by atoms with Crippen molar-refractivity contribution in [2.75, 3.05) is 30.4 Å². The zero-order valence-electron chi connectivity index (χ0n) is 11.3. The second-order valence-electron chi connectivity index (χ2n) is 5.92. The van der Waals surface area contributed by atoms with E-state index < -0.39 is 5.97 Å². The van der Waals surface area contributed by atoms with E-state index in [0.29, 0.717) is 11.0 Å².